The van der Waals surface area contributed by atoms with E-state index in [9.17, 15) is 9.59 Å². The van der Waals surface area contributed by atoms with Gasteiger partial charge in [-0.15, -0.1) is 0 Å². The molecule has 0 unspecified atom stereocenters. The number of aromatic nitrogens is 4. The first-order valence-corrected chi connectivity index (χ1v) is 16.8. The summed E-state index contributed by atoms with van der Waals surface area (Å²) in [6.07, 6.45) is 3.12. The molecule has 5 aromatic rings. The standard InChI is InChI=1S/C36H39Cl2N7O4/c1-21(48-4)17-39-18-31-42-45-20-23(16-29(45)36(47)44(31)3)24-8-6-9-25(33(24)37)26-10-7-11-27(34(26)38)28-13-12-22(35(40-28)49-5)19-43(2)30-14-15-32(46)41-30/h6-13,16,20-21,30,39H,14-15,17-19H2,1-5H3,(H,41,46)/t21-,30-/m0/s1. The van der Waals surface area contributed by atoms with Gasteiger partial charge in [0.2, 0.25) is 11.8 Å². The topological polar surface area (TPSA) is 115 Å². The molecule has 0 bridgehead atoms. The Bertz CT molecular complexity index is 2080. The van der Waals surface area contributed by atoms with Crippen molar-refractivity contribution in [3.8, 4) is 39.4 Å². The van der Waals surface area contributed by atoms with Crippen LogP contribution in [-0.4, -0.2) is 70.1 Å². The first kappa shape index (κ1) is 34.6. The molecule has 2 atom stereocenters. The highest BCUT2D eigenvalue weighted by Gasteiger charge is 2.25. The third-order valence-corrected chi connectivity index (χ3v) is 9.80. The number of rotatable bonds is 12. The number of pyridine rings is 1. The van der Waals surface area contributed by atoms with Gasteiger partial charge in [-0.05, 0) is 32.5 Å². The monoisotopic (exact) mass is 703 g/mol. The van der Waals surface area contributed by atoms with Crippen LogP contribution in [0.15, 0.2) is 65.6 Å². The molecule has 0 aliphatic carbocycles. The molecule has 1 fully saturated rings. The fraction of sp³-hybridized carbons (Fsp3) is 0.333. The summed E-state index contributed by atoms with van der Waals surface area (Å²) in [5.74, 6) is 1.15. The van der Waals surface area contributed by atoms with Crippen LogP contribution in [-0.2, 0) is 29.7 Å². The average molecular weight is 705 g/mol. The third kappa shape index (κ3) is 7.08. The number of hydrogen-bond donors (Lipinski definition) is 2. The number of carbonyl (C=O) groups is 1. The second-order valence-electron chi connectivity index (χ2n) is 12.3. The molecule has 4 heterocycles. The zero-order valence-corrected chi connectivity index (χ0v) is 29.6. The second-order valence-corrected chi connectivity index (χ2v) is 13.0. The third-order valence-electron chi connectivity index (χ3n) is 8.98. The van der Waals surface area contributed by atoms with Crippen LogP contribution in [0.5, 0.6) is 5.88 Å². The normalized spacial score (nSPS) is 15.3. The molecule has 2 N–H and O–H groups in total. The lowest BCUT2D eigenvalue weighted by Gasteiger charge is -2.24. The van der Waals surface area contributed by atoms with Crippen LogP contribution < -0.4 is 20.9 Å². The zero-order valence-electron chi connectivity index (χ0n) is 28.1. The minimum atomic E-state index is -0.160. The molecule has 49 heavy (non-hydrogen) atoms. The van der Waals surface area contributed by atoms with Crippen molar-refractivity contribution < 1.29 is 14.3 Å². The number of amides is 1. The van der Waals surface area contributed by atoms with Gasteiger partial charge in [0.15, 0.2) is 0 Å². The first-order valence-electron chi connectivity index (χ1n) is 16.0. The lowest BCUT2D eigenvalue weighted by molar-refractivity contribution is -0.119. The van der Waals surface area contributed by atoms with Gasteiger partial charge < -0.3 is 20.1 Å². The van der Waals surface area contributed by atoms with E-state index in [0.717, 1.165) is 39.8 Å². The van der Waals surface area contributed by atoms with Crippen LogP contribution >= 0.6 is 23.2 Å². The minimum absolute atomic E-state index is 0.0227. The SMILES string of the molecule is COc1nc(-c2cccc(-c3cccc(-c4cc5c(=O)n(C)c(CNC[C@H](C)OC)nn5c4)c3Cl)c2Cl)ccc1CN(C)[C@H]1CCC(=O)N1. The van der Waals surface area contributed by atoms with Crippen LogP contribution in [0.25, 0.3) is 39.0 Å². The van der Waals surface area contributed by atoms with Crippen LogP contribution in [0, 0.1) is 0 Å². The van der Waals surface area contributed by atoms with Crippen molar-refractivity contribution in [2.75, 3.05) is 27.8 Å². The highest BCUT2D eigenvalue weighted by atomic mass is 35.5. The Morgan fingerprint density at radius 2 is 1.73 bits per heavy atom. The number of ether oxygens (including phenoxy) is 2. The highest BCUT2D eigenvalue weighted by Crippen LogP contribution is 2.42. The number of carbonyl (C=O) groups excluding carboxylic acids is 1. The smallest absolute Gasteiger partial charge is 0.277 e. The van der Waals surface area contributed by atoms with Gasteiger partial charge in [0, 0.05) is 73.2 Å². The Morgan fingerprint density at radius 1 is 1.04 bits per heavy atom. The summed E-state index contributed by atoms with van der Waals surface area (Å²) in [5.41, 5.74) is 5.53. The maximum atomic E-state index is 13.3. The molecular formula is C36H39Cl2N7O4. The second kappa shape index (κ2) is 14.7. The van der Waals surface area contributed by atoms with E-state index in [1.807, 2.05) is 68.7 Å². The van der Waals surface area contributed by atoms with Gasteiger partial charge in [-0.3, -0.25) is 19.1 Å². The summed E-state index contributed by atoms with van der Waals surface area (Å²) >= 11 is 14.2. The number of halogens is 2. The Kier molecular flexibility index (Phi) is 10.4. The first-order chi connectivity index (χ1) is 23.6. The molecule has 13 heteroatoms. The molecule has 1 saturated heterocycles. The van der Waals surface area contributed by atoms with Gasteiger partial charge in [0.1, 0.15) is 11.3 Å². The summed E-state index contributed by atoms with van der Waals surface area (Å²) in [4.78, 5) is 31.9. The van der Waals surface area contributed by atoms with Gasteiger partial charge in [-0.25, -0.2) is 9.50 Å². The van der Waals surface area contributed by atoms with E-state index in [1.165, 1.54) is 0 Å². The predicted molar refractivity (Wildman–Crippen MR) is 192 cm³/mol. The van der Waals surface area contributed by atoms with Crippen LogP contribution in [0.1, 0.15) is 31.2 Å². The zero-order chi connectivity index (χ0) is 34.8. The fourth-order valence-electron chi connectivity index (χ4n) is 6.07. The molecule has 1 amide bonds. The molecule has 3 aromatic heterocycles. The van der Waals surface area contributed by atoms with E-state index < -0.39 is 0 Å². The summed E-state index contributed by atoms with van der Waals surface area (Å²) in [5, 5.41) is 12.0. The van der Waals surface area contributed by atoms with E-state index >= 15 is 0 Å². The molecule has 6 rings (SSSR count). The largest absolute Gasteiger partial charge is 0.481 e. The summed E-state index contributed by atoms with van der Waals surface area (Å²) in [7, 11) is 6.94. The molecule has 11 nitrogen and oxygen atoms in total. The molecule has 1 aliphatic rings. The van der Waals surface area contributed by atoms with Crippen LogP contribution in [0.2, 0.25) is 10.0 Å². The van der Waals surface area contributed by atoms with Crippen LogP contribution in [0.3, 0.4) is 0 Å². The lowest BCUT2D eigenvalue weighted by atomic mass is 9.97. The number of hydrogen-bond acceptors (Lipinski definition) is 8. The van der Waals surface area contributed by atoms with Crippen molar-refractivity contribution in [2.24, 2.45) is 7.05 Å². The quantitative estimate of drug-likeness (QED) is 0.174. The molecular weight excluding hydrogens is 665 g/mol. The Labute approximate surface area is 294 Å². The van der Waals surface area contributed by atoms with Gasteiger partial charge in [0.25, 0.3) is 5.56 Å². The number of nitrogens with one attached hydrogen (secondary N) is 2. The molecule has 0 saturated carbocycles. The van der Waals surface area contributed by atoms with Crippen molar-refractivity contribution in [3.63, 3.8) is 0 Å². The Hall–Kier alpha value is -4.26. The molecule has 2 aromatic carbocycles. The Morgan fingerprint density at radius 3 is 2.41 bits per heavy atom. The number of methoxy groups -OCH3 is 2. The van der Waals surface area contributed by atoms with Crippen molar-refractivity contribution in [1.29, 1.82) is 0 Å². The molecule has 0 spiro atoms. The molecule has 1 aliphatic heterocycles. The van der Waals surface area contributed by atoms with E-state index in [-0.39, 0.29) is 23.7 Å². The minimum Gasteiger partial charge on any atom is -0.481 e. The maximum Gasteiger partial charge on any atom is 0.277 e. The highest BCUT2D eigenvalue weighted by molar-refractivity contribution is 6.39. The van der Waals surface area contributed by atoms with Gasteiger partial charge in [0.05, 0.1) is 41.7 Å². The summed E-state index contributed by atoms with van der Waals surface area (Å²) in [6.45, 7) is 3.56. The number of benzene rings is 2. The lowest BCUT2D eigenvalue weighted by Crippen LogP contribution is -2.40. The predicted octanol–water partition coefficient (Wildman–Crippen LogP) is 5.54. The summed E-state index contributed by atoms with van der Waals surface area (Å²) in [6, 6.07) is 17.2. The van der Waals surface area contributed by atoms with Gasteiger partial charge >= 0.3 is 0 Å². The fourth-order valence-corrected chi connectivity index (χ4v) is 6.73. The number of fused-ring (bicyclic) bond motifs is 1. The van der Waals surface area contributed by atoms with Gasteiger partial charge in [-0.2, -0.15) is 5.10 Å². The van der Waals surface area contributed by atoms with E-state index in [1.54, 1.807) is 36.4 Å². The Balaban J connectivity index is 1.30. The van der Waals surface area contributed by atoms with Crippen molar-refractivity contribution in [2.45, 2.75) is 45.1 Å². The van der Waals surface area contributed by atoms with E-state index in [0.29, 0.717) is 59.0 Å². The van der Waals surface area contributed by atoms with Crippen molar-refractivity contribution >= 4 is 34.6 Å². The maximum absolute atomic E-state index is 13.3. The van der Waals surface area contributed by atoms with Crippen molar-refractivity contribution in [3.05, 3.63) is 92.6 Å². The molecule has 0 radical (unpaired) electrons. The molecule has 256 valence electrons. The average Bonchev–Trinajstić information content (AvgIpc) is 3.74. The summed E-state index contributed by atoms with van der Waals surface area (Å²) < 4.78 is 14.1. The van der Waals surface area contributed by atoms with Crippen molar-refractivity contribution in [1.82, 2.24) is 34.7 Å². The van der Waals surface area contributed by atoms with Gasteiger partial charge in [-0.1, -0.05) is 65.7 Å². The number of nitrogens with zero attached hydrogens (tertiary/aromatic N) is 5. The van der Waals surface area contributed by atoms with E-state index in [2.05, 4.69) is 15.5 Å². The van der Waals surface area contributed by atoms with Crippen LogP contribution in [0.4, 0.5) is 0 Å². The van der Waals surface area contributed by atoms with E-state index in [4.69, 9.17) is 42.8 Å².